The lowest BCUT2D eigenvalue weighted by Crippen LogP contribution is -2.09. The van der Waals surface area contributed by atoms with E-state index in [0.29, 0.717) is 0 Å². The highest BCUT2D eigenvalue weighted by Gasteiger charge is 2.25. The van der Waals surface area contributed by atoms with Gasteiger partial charge in [0.15, 0.2) is 17.4 Å². The summed E-state index contributed by atoms with van der Waals surface area (Å²) in [6, 6.07) is 5.45. The molecule has 0 aliphatic carbocycles. The predicted octanol–water partition coefficient (Wildman–Crippen LogP) is 4.97. The molecule has 3 rings (SSSR count). The van der Waals surface area contributed by atoms with E-state index >= 15 is 0 Å². The summed E-state index contributed by atoms with van der Waals surface area (Å²) in [5.41, 5.74) is -0.723. The van der Waals surface area contributed by atoms with Gasteiger partial charge in [0.2, 0.25) is 0 Å². The van der Waals surface area contributed by atoms with Gasteiger partial charge in [-0.2, -0.15) is 0 Å². The molecule has 8 heteroatoms. The minimum atomic E-state index is -1.41. The monoisotopic (exact) mass is 406 g/mol. The van der Waals surface area contributed by atoms with Crippen molar-refractivity contribution in [1.82, 2.24) is 0 Å². The Bertz CT molecular complexity index is 1110. The van der Waals surface area contributed by atoms with Gasteiger partial charge in [-0.25, -0.2) is 18.0 Å². The first-order valence-electron chi connectivity index (χ1n) is 8.01. The SMILES string of the molecule is Cc1ccc(-c2scc(CC(=O)c3cc(F)ccc3O)c2C(=O)O)c(F)c1F. The van der Waals surface area contributed by atoms with E-state index < -0.39 is 41.4 Å². The molecular formula is C20H13F3O4S. The fourth-order valence-corrected chi connectivity index (χ4v) is 3.86. The lowest BCUT2D eigenvalue weighted by molar-refractivity contribution is 0.0697. The number of carboxylic acid groups (broad SMARTS) is 1. The summed E-state index contributed by atoms with van der Waals surface area (Å²) in [6.45, 7) is 1.38. The van der Waals surface area contributed by atoms with Gasteiger partial charge in [0.25, 0.3) is 0 Å². The highest BCUT2D eigenvalue weighted by Crippen LogP contribution is 2.36. The van der Waals surface area contributed by atoms with Crippen LogP contribution in [-0.4, -0.2) is 22.0 Å². The van der Waals surface area contributed by atoms with Crippen LogP contribution in [0.4, 0.5) is 13.2 Å². The molecular weight excluding hydrogens is 393 g/mol. The van der Waals surface area contributed by atoms with Gasteiger partial charge in [0.1, 0.15) is 11.6 Å². The molecule has 28 heavy (non-hydrogen) atoms. The van der Waals surface area contributed by atoms with Crippen molar-refractivity contribution >= 4 is 23.1 Å². The number of carbonyl (C=O) groups is 2. The second kappa shape index (κ2) is 7.47. The number of hydrogen-bond acceptors (Lipinski definition) is 4. The molecule has 0 atom stereocenters. The van der Waals surface area contributed by atoms with Crippen molar-refractivity contribution in [2.45, 2.75) is 13.3 Å². The van der Waals surface area contributed by atoms with Crippen LogP contribution in [0.25, 0.3) is 10.4 Å². The number of halogens is 3. The Kier molecular flexibility index (Phi) is 5.24. The van der Waals surface area contributed by atoms with Gasteiger partial charge in [0, 0.05) is 12.0 Å². The smallest absolute Gasteiger partial charge is 0.337 e. The molecule has 0 aliphatic heterocycles. The van der Waals surface area contributed by atoms with Gasteiger partial charge >= 0.3 is 5.97 Å². The average molecular weight is 406 g/mol. The van der Waals surface area contributed by atoms with Crippen LogP contribution < -0.4 is 0 Å². The Morgan fingerprint density at radius 1 is 1.07 bits per heavy atom. The number of thiophene rings is 1. The molecule has 4 nitrogen and oxygen atoms in total. The number of aromatic carboxylic acids is 1. The van der Waals surface area contributed by atoms with Gasteiger partial charge in [0.05, 0.1) is 16.0 Å². The second-order valence-electron chi connectivity index (χ2n) is 6.09. The average Bonchev–Trinajstić information content (AvgIpc) is 3.05. The summed E-state index contributed by atoms with van der Waals surface area (Å²) in [4.78, 5) is 24.1. The summed E-state index contributed by atoms with van der Waals surface area (Å²) in [5.74, 6) is -5.55. The van der Waals surface area contributed by atoms with Crippen molar-refractivity contribution in [3.05, 3.63) is 75.4 Å². The first-order chi connectivity index (χ1) is 13.2. The highest BCUT2D eigenvalue weighted by molar-refractivity contribution is 7.14. The Morgan fingerprint density at radius 3 is 2.46 bits per heavy atom. The highest BCUT2D eigenvalue weighted by atomic mass is 32.1. The maximum Gasteiger partial charge on any atom is 0.337 e. The van der Waals surface area contributed by atoms with Gasteiger partial charge in [-0.05, 0) is 41.6 Å². The van der Waals surface area contributed by atoms with Crippen LogP contribution in [0.3, 0.4) is 0 Å². The number of phenolic OH excluding ortho intramolecular Hbond substituents is 1. The Balaban J connectivity index is 2.05. The number of hydrogen-bond donors (Lipinski definition) is 2. The normalized spacial score (nSPS) is 10.9. The molecule has 2 N–H and O–H groups in total. The van der Waals surface area contributed by atoms with Crippen molar-refractivity contribution < 1.29 is 33.0 Å². The van der Waals surface area contributed by atoms with Crippen molar-refractivity contribution in [2.75, 3.05) is 0 Å². The number of aromatic hydroxyl groups is 1. The lowest BCUT2D eigenvalue weighted by Gasteiger charge is -2.07. The molecule has 0 saturated heterocycles. The number of aryl methyl sites for hydroxylation is 1. The largest absolute Gasteiger partial charge is 0.507 e. The van der Waals surface area contributed by atoms with Gasteiger partial charge < -0.3 is 10.2 Å². The zero-order chi connectivity index (χ0) is 20.6. The minimum absolute atomic E-state index is 0.0323. The molecule has 1 aromatic heterocycles. The van der Waals surface area contributed by atoms with Crippen molar-refractivity contribution in [3.8, 4) is 16.2 Å². The molecule has 0 fully saturated rings. The number of ketones is 1. The quantitative estimate of drug-likeness (QED) is 0.587. The number of carbonyl (C=O) groups excluding carboxylic acids is 1. The summed E-state index contributed by atoms with van der Waals surface area (Å²) >= 11 is 0.855. The van der Waals surface area contributed by atoms with Crippen LogP contribution in [0.15, 0.2) is 35.7 Å². The van der Waals surface area contributed by atoms with Crippen molar-refractivity contribution in [2.24, 2.45) is 0 Å². The number of rotatable bonds is 5. The second-order valence-corrected chi connectivity index (χ2v) is 6.97. The fraction of sp³-hybridized carbons (Fsp3) is 0.100. The zero-order valence-corrected chi connectivity index (χ0v) is 15.2. The van der Waals surface area contributed by atoms with Crippen LogP contribution in [0.1, 0.15) is 31.8 Å². The van der Waals surface area contributed by atoms with E-state index in [-0.39, 0.29) is 32.7 Å². The maximum absolute atomic E-state index is 14.3. The van der Waals surface area contributed by atoms with Gasteiger partial charge in [-0.1, -0.05) is 12.1 Å². The minimum Gasteiger partial charge on any atom is -0.507 e. The summed E-state index contributed by atoms with van der Waals surface area (Å²) in [6.07, 6.45) is -0.453. The molecule has 0 bridgehead atoms. The van der Waals surface area contributed by atoms with E-state index in [1.807, 2.05) is 0 Å². The van der Waals surface area contributed by atoms with Crippen LogP contribution in [0.2, 0.25) is 0 Å². The van der Waals surface area contributed by atoms with Crippen LogP contribution >= 0.6 is 11.3 Å². The van der Waals surface area contributed by atoms with Crippen LogP contribution in [0.5, 0.6) is 5.75 Å². The van der Waals surface area contributed by atoms with E-state index in [2.05, 4.69) is 0 Å². The number of Topliss-reactive ketones (excluding diaryl/α,β-unsaturated/α-hetero) is 1. The van der Waals surface area contributed by atoms with E-state index in [4.69, 9.17) is 0 Å². The van der Waals surface area contributed by atoms with Crippen LogP contribution in [0, 0.1) is 24.4 Å². The van der Waals surface area contributed by atoms with Crippen LogP contribution in [-0.2, 0) is 6.42 Å². The molecule has 0 radical (unpaired) electrons. The summed E-state index contributed by atoms with van der Waals surface area (Å²) in [7, 11) is 0. The van der Waals surface area contributed by atoms with Gasteiger partial charge in [-0.3, -0.25) is 4.79 Å². The first kappa shape index (κ1) is 19.6. The standard InChI is InChI=1S/C20H13F3O4S/c1-9-2-4-12(18(23)17(9)22)19-16(20(26)27)10(8-28-19)6-15(25)13-7-11(21)3-5-14(13)24/h2-5,7-8,24H,6H2,1H3,(H,26,27). The Labute approximate surface area is 161 Å². The molecule has 0 spiro atoms. The third kappa shape index (κ3) is 3.50. The molecule has 0 unspecified atom stereocenters. The maximum atomic E-state index is 14.3. The molecule has 0 saturated carbocycles. The molecule has 0 amide bonds. The van der Waals surface area contributed by atoms with Crippen molar-refractivity contribution in [3.63, 3.8) is 0 Å². The Hall–Kier alpha value is -3.13. The summed E-state index contributed by atoms with van der Waals surface area (Å²) < 4.78 is 41.6. The zero-order valence-electron chi connectivity index (χ0n) is 14.4. The Morgan fingerprint density at radius 2 is 1.79 bits per heavy atom. The van der Waals surface area contributed by atoms with Gasteiger partial charge in [-0.15, -0.1) is 11.3 Å². The predicted molar refractivity (Wildman–Crippen MR) is 97.5 cm³/mol. The van der Waals surface area contributed by atoms with E-state index in [1.54, 1.807) is 0 Å². The molecule has 3 aromatic rings. The number of benzene rings is 2. The van der Waals surface area contributed by atoms with E-state index in [1.165, 1.54) is 24.4 Å². The third-order valence-electron chi connectivity index (χ3n) is 4.21. The van der Waals surface area contributed by atoms with E-state index in [0.717, 1.165) is 29.5 Å². The topological polar surface area (TPSA) is 74.6 Å². The molecule has 2 aromatic carbocycles. The number of phenols is 1. The first-order valence-corrected chi connectivity index (χ1v) is 8.89. The van der Waals surface area contributed by atoms with E-state index in [9.17, 15) is 33.0 Å². The lowest BCUT2D eigenvalue weighted by atomic mass is 9.98. The molecule has 144 valence electrons. The molecule has 0 aliphatic rings. The number of carboxylic acids is 1. The van der Waals surface area contributed by atoms with Crippen molar-refractivity contribution in [1.29, 1.82) is 0 Å². The molecule has 1 heterocycles. The third-order valence-corrected chi connectivity index (χ3v) is 5.27. The summed E-state index contributed by atoms with van der Waals surface area (Å²) in [5, 5.41) is 20.7. The fourth-order valence-electron chi connectivity index (χ4n) is 2.78.